The van der Waals surface area contributed by atoms with Crippen molar-refractivity contribution in [1.29, 1.82) is 0 Å². The average Bonchev–Trinajstić information content (AvgIpc) is 2.97. The maximum Gasteiger partial charge on any atom is 0.232 e. The SMILES string of the molecule is CC(=O)CCCCCCCCCCCCCCCNC(=O)CCN1C(=O)CC(C)C1=O. The van der Waals surface area contributed by atoms with Crippen molar-refractivity contribution in [3.05, 3.63) is 0 Å². The molecule has 178 valence electrons. The molecule has 0 aromatic carbocycles. The second kappa shape index (κ2) is 16.9. The Kier molecular flexibility index (Phi) is 14.9. The third kappa shape index (κ3) is 13.3. The maximum absolute atomic E-state index is 11.9. The van der Waals surface area contributed by atoms with Gasteiger partial charge in [-0.1, -0.05) is 77.6 Å². The molecule has 1 rings (SSSR count). The van der Waals surface area contributed by atoms with Crippen molar-refractivity contribution < 1.29 is 19.2 Å². The number of amides is 3. The van der Waals surface area contributed by atoms with Crippen molar-refractivity contribution >= 4 is 23.5 Å². The van der Waals surface area contributed by atoms with Crippen molar-refractivity contribution in [2.75, 3.05) is 13.1 Å². The summed E-state index contributed by atoms with van der Waals surface area (Å²) in [4.78, 5) is 47.5. The zero-order valence-electron chi connectivity index (χ0n) is 19.9. The Morgan fingerprint density at radius 1 is 0.806 bits per heavy atom. The Bertz CT molecular complexity index is 562. The van der Waals surface area contributed by atoms with E-state index in [4.69, 9.17) is 0 Å². The van der Waals surface area contributed by atoms with Gasteiger partial charge >= 0.3 is 0 Å². The van der Waals surface area contributed by atoms with Crippen LogP contribution in [0.4, 0.5) is 0 Å². The van der Waals surface area contributed by atoms with Crippen molar-refractivity contribution in [3.8, 4) is 0 Å². The zero-order chi connectivity index (χ0) is 22.9. The van der Waals surface area contributed by atoms with Crippen molar-refractivity contribution in [2.24, 2.45) is 5.92 Å². The van der Waals surface area contributed by atoms with Crippen LogP contribution in [0.5, 0.6) is 0 Å². The summed E-state index contributed by atoms with van der Waals surface area (Å²) in [6.45, 7) is 4.30. The van der Waals surface area contributed by atoms with Gasteiger partial charge in [-0.25, -0.2) is 0 Å². The summed E-state index contributed by atoms with van der Waals surface area (Å²) >= 11 is 0. The molecule has 6 nitrogen and oxygen atoms in total. The van der Waals surface area contributed by atoms with Gasteiger partial charge in [-0.15, -0.1) is 0 Å². The van der Waals surface area contributed by atoms with Crippen molar-refractivity contribution in [3.63, 3.8) is 0 Å². The molecule has 0 saturated carbocycles. The van der Waals surface area contributed by atoms with Gasteiger partial charge in [-0.05, 0) is 19.8 Å². The van der Waals surface area contributed by atoms with E-state index in [9.17, 15) is 19.2 Å². The molecule has 1 atom stereocenters. The van der Waals surface area contributed by atoms with Crippen LogP contribution in [0.1, 0.15) is 117 Å². The number of hydrogen-bond acceptors (Lipinski definition) is 4. The summed E-state index contributed by atoms with van der Waals surface area (Å²) in [6, 6.07) is 0. The van der Waals surface area contributed by atoms with Crippen molar-refractivity contribution in [1.82, 2.24) is 10.2 Å². The van der Waals surface area contributed by atoms with Crippen LogP contribution in [-0.2, 0) is 19.2 Å². The number of imide groups is 1. The highest BCUT2D eigenvalue weighted by Gasteiger charge is 2.35. The van der Waals surface area contributed by atoms with Gasteiger partial charge in [-0.2, -0.15) is 0 Å². The largest absolute Gasteiger partial charge is 0.356 e. The fourth-order valence-corrected chi connectivity index (χ4v) is 4.06. The second-order valence-electron chi connectivity index (χ2n) is 9.14. The fraction of sp³-hybridized carbons (Fsp3) is 0.840. The predicted octanol–water partition coefficient (Wildman–Crippen LogP) is 4.94. The Labute approximate surface area is 188 Å². The number of ketones is 1. The monoisotopic (exact) mass is 436 g/mol. The Balaban J connectivity index is 1.81. The number of nitrogens with zero attached hydrogens (tertiary/aromatic N) is 1. The average molecular weight is 437 g/mol. The molecule has 0 bridgehead atoms. The first-order chi connectivity index (χ1) is 14.9. The van der Waals surface area contributed by atoms with Crippen LogP contribution in [0.2, 0.25) is 0 Å². The summed E-state index contributed by atoms with van der Waals surface area (Å²) in [6.07, 6.45) is 17.2. The Hall–Kier alpha value is -1.72. The minimum Gasteiger partial charge on any atom is -0.356 e. The van der Waals surface area contributed by atoms with Crippen LogP contribution in [0.3, 0.4) is 0 Å². The van der Waals surface area contributed by atoms with Crippen LogP contribution in [0, 0.1) is 5.92 Å². The van der Waals surface area contributed by atoms with Gasteiger partial charge in [0, 0.05) is 38.3 Å². The molecule has 1 saturated heterocycles. The molecule has 0 radical (unpaired) electrons. The molecule has 3 amide bonds. The number of likely N-dealkylation sites (tertiary alicyclic amines) is 1. The number of hydrogen-bond donors (Lipinski definition) is 1. The van der Waals surface area contributed by atoms with Gasteiger partial charge in [0.1, 0.15) is 5.78 Å². The molecule has 0 aliphatic carbocycles. The van der Waals surface area contributed by atoms with E-state index in [1.165, 1.54) is 69.1 Å². The zero-order valence-corrected chi connectivity index (χ0v) is 19.9. The molecule has 1 N–H and O–H groups in total. The Morgan fingerprint density at radius 2 is 1.29 bits per heavy atom. The highest BCUT2D eigenvalue weighted by atomic mass is 16.2. The lowest BCUT2D eigenvalue weighted by Crippen LogP contribution is -2.35. The standard InChI is InChI=1S/C25H44N2O4/c1-21-20-24(30)27(25(21)31)19-17-23(29)26-18-15-13-11-9-7-5-3-4-6-8-10-12-14-16-22(2)28/h21H,3-20H2,1-2H3,(H,26,29). The smallest absolute Gasteiger partial charge is 0.232 e. The van der Waals surface area contributed by atoms with E-state index in [0.717, 1.165) is 25.7 Å². The van der Waals surface area contributed by atoms with Gasteiger partial charge in [-0.3, -0.25) is 19.3 Å². The minimum atomic E-state index is -0.245. The normalized spacial score (nSPS) is 16.2. The molecule has 1 heterocycles. The van der Waals surface area contributed by atoms with Crippen molar-refractivity contribution in [2.45, 2.75) is 117 Å². The molecule has 0 aromatic rings. The number of nitrogens with one attached hydrogen (secondary N) is 1. The van der Waals surface area contributed by atoms with Gasteiger partial charge in [0.25, 0.3) is 0 Å². The van der Waals surface area contributed by atoms with E-state index in [2.05, 4.69) is 5.32 Å². The number of unbranched alkanes of at least 4 members (excludes halogenated alkanes) is 12. The number of Topliss-reactive ketones (excluding diaryl/α,β-unsaturated/α-hetero) is 1. The van der Waals surface area contributed by atoms with Gasteiger partial charge < -0.3 is 10.1 Å². The van der Waals surface area contributed by atoms with E-state index < -0.39 is 0 Å². The highest BCUT2D eigenvalue weighted by molar-refractivity contribution is 6.03. The van der Waals surface area contributed by atoms with Gasteiger partial charge in [0.05, 0.1) is 0 Å². The molecule has 31 heavy (non-hydrogen) atoms. The minimum absolute atomic E-state index is 0.0843. The lowest BCUT2D eigenvalue weighted by Gasteiger charge is -2.14. The molecule has 1 unspecified atom stereocenters. The van der Waals surface area contributed by atoms with Crippen LogP contribution < -0.4 is 5.32 Å². The fourth-order valence-electron chi connectivity index (χ4n) is 4.06. The van der Waals surface area contributed by atoms with Crippen LogP contribution in [0.15, 0.2) is 0 Å². The number of rotatable bonds is 19. The summed E-state index contributed by atoms with van der Waals surface area (Å²) < 4.78 is 0. The topological polar surface area (TPSA) is 83.6 Å². The lowest BCUT2D eigenvalue weighted by molar-refractivity contribution is -0.139. The molecule has 0 spiro atoms. The molecular weight excluding hydrogens is 392 g/mol. The van der Waals surface area contributed by atoms with Gasteiger partial charge in [0.2, 0.25) is 17.7 Å². The first kappa shape index (κ1) is 27.3. The van der Waals surface area contributed by atoms with E-state index in [1.54, 1.807) is 13.8 Å². The predicted molar refractivity (Wildman–Crippen MR) is 123 cm³/mol. The summed E-state index contributed by atoms with van der Waals surface area (Å²) in [5.41, 5.74) is 0. The summed E-state index contributed by atoms with van der Waals surface area (Å²) in [5.74, 6) is -0.334. The van der Waals surface area contributed by atoms with Crippen LogP contribution in [0.25, 0.3) is 0 Å². The molecular formula is C25H44N2O4. The first-order valence-corrected chi connectivity index (χ1v) is 12.5. The quantitative estimate of drug-likeness (QED) is 0.230. The first-order valence-electron chi connectivity index (χ1n) is 12.5. The third-order valence-corrected chi connectivity index (χ3v) is 6.06. The lowest BCUT2D eigenvalue weighted by atomic mass is 10.0. The van der Waals surface area contributed by atoms with E-state index in [0.29, 0.717) is 12.3 Å². The highest BCUT2D eigenvalue weighted by Crippen LogP contribution is 2.18. The van der Waals surface area contributed by atoms with Crippen LogP contribution >= 0.6 is 0 Å². The third-order valence-electron chi connectivity index (χ3n) is 6.06. The maximum atomic E-state index is 11.9. The molecule has 0 aromatic heterocycles. The Morgan fingerprint density at radius 3 is 1.74 bits per heavy atom. The molecule has 1 fully saturated rings. The van der Waals surface area contributed by atoms with E-state index >= 15 is 0 Å². The molecule has 1 aliphatic heterocycles. The van der Waals surface area contributed by atoms with Crippen LogP contribution in [-0.4, -0.2) is 41.5 Å². The van der Waals surface area contributed by atoms with Gasteiger partial charge in [0.15, 0.2) is 0 Å². The summed E-state index contributed by atoms with van der Waals surface area (Å²) in [5, 5.41) is 2.89. The second-order valence-corrected chi connectivity index (χ2v) is 9.14. The molecule has 6 heteroatoms. The van der Waals surface area contributed by atoms with E-state index in [1.807, 2.05) is 0 Å². The number of carbonyl (C=O) groups is 4. The van der Waals surface area contributed by atoms with E-state index in [-0.39, 0.29) is 43.0 Å². The summed E-state index contributed by atoms with van der Waals surface area (Å²) in [7, 11) is 0. The molecule has 1 aliphatic rings. The number of carbonyl (C=O) groups excluding carboxylic acids is 4.